The number of nitrogens with one attached hydrogen (secondary N) is 1. The van der Waals surface area contributed by atoms with Crippen LogP contribution in [0.1, 0.15) is 16.1 Å². The van der Waals surface area contributed by atoms with Crippen molar-refractivity contribution in [1.29, 1.82) is 0 Å². The molecule has 22 heavy (non-hydrogen) atoms. The van der Waals surface area contributed by atoms with Crippen LogP contribution in [0.15, 0.2) is 54.9 Å². The molecule has 1 amide bonds. The van der Waals surface area contributed by atoms with E-state index in [4.69, 9.17) is 4.74 Å². The smallest absolute Gasteiger partial charge is 0.270 e. The monoisotopic (exact) mass is 293 g/mol. The zero-order valence-corrected chi connectivity index (χ0v) is 12.1. The van der Waals surface area contributed by atoms with Crippen LogP contribution < -0.4 is 10.1 Å². The maximum absolute atomic E-state index is 12.3. The number of hydrogen-bond acceptors (Lipinski definition) is 4. The van der Waals surface area contributed by atoms with Crippen molar-refractivity contribution in [2.24, 2.45) is 0 Å². The highest BCUT2D eigenvalue weighted by molar-refractivity contribution is 6.04. The number of benzene rings is 2. The van der Waals surface area contributed by atoms with E-state index in [-0.39, 0.29) is 5.91 Å². The lowest BCUT2D eigenvalue weighted by atomic mass is 10.1. The van der Waals surface area contributed by atoms with Gasteiger partial charge in [0.05, 0.1) is 12.6 Å². The van der Waals surface area contributed by atoms with E-state index in [0.717, 1.165) is 22.2 Å². The van der Waals surface area contributed by atoms with Crippen molar-refractivity contribution >= 4 is 16.8 Å². The summed E-state index contributed by atoms with van der Waals surface area (Å²) in [5.41, 5.74) is 2.14. The van der Waals surface area contributed by atoms with E-state index in [1.165, 1.54) is 6.33 Å². The molecule has 0 aliphatic carbocycles. The maximum Gasteiger partial charge on any atom is 0.270 e. The van der Waals surface area contributed by atoms with Crippen molar-refractivity contribution in [2.45, 2.75) is 6.54 Å². The van der Waals surface area contributed by atoms with Crippen LogP contribution >= 0.6 is 0 Å². The molecule has 0 spiro atoms. The first-order chi connectivity index (χ1) is 10.8. The fourth-order valence-electron chi connectivity index (χ4n) is 2.20. The van der Waals surface area contributed by atoms with Crippen LogP contribution in [0.5, 0.6) is 5.75 Å². The lowest BCUT2D eigenvalue weighted by Crippen LogP contribution is -2.24. The average molecular weight is 293 g/mol. The number of para-hydroxylation sites is 1. The van der Waals surface area contributed by atoms with Gasteiger partial charge in [0.2, 0.25) is 0 Å². The molecule has 2 aromatic carbocycles. The predicted molar refractivity (Wildman–Crippen MR) is 83.7 cm³/mol. The SMILES string of the molecule is COc1ccc(CNC(=O)c2ncnc3ccccc23)cc1. The molecule has 0 aliphatic rings. The van der Waals surface area contributed by atoms with Crippen LogP contribution in [-0.4, -0.2) is 23.0 Å². The summed E-state index contributed by atoms with van der Waals surface area (Å²) in [7, 11) is 1.62. The van der Waals surface area contributed by atoms with Gasteiger partial charge in [-0.25, -0.2) is 9.97 Å². The molecule has 5 heteroatoms. The van der Waals surface area contributed by atoms with Crippen LogP contribution in [0.25, 0.3) is 10.9 Å². The van der Waals surface area contributed by atoms with Crippen LogP contribution in [0.3, 0.4) is 0 Å². The summed E-state index contributed by atoms with van der Waals surface area (Å²) in [5, 5.41) is 3.62. The second-order valence-corrected chi connectivity index (χ2v) is 4.77. The van der Waals surface area contributed by atoms with Gasteiger partial charge in [0.25, 0.3) is 5.91 Å². The molecule has 0 fully saturated rings. The second kappa shape index (κ2) is 6.22. The number of rotatable bonds is 4. The van der Waals surface area contributed by atoms with E-state index in [1.807, 2.05) is 48.5 Å². The second-order valence-electron chi connectivity index (χ2n) is 4.77. The van der Waals surface area contributed by atoms with Gasteiger partial charge in [-0.3, -0.25) is 4.79 Å². The molecule has 0 aliphatic heterocycles. The van der Waals surface area contributed by atoms with E-state index < -0.39 is 0 Å². The fourth-order valence-corrected chi connectivity index (χ4v) is 2.20. The van der Waals surface area contributed by atoms with Gasteiger partial charge in [0.1, 0.15) is 17.8 Å². The Bertz CT molecular complexity index is 795. The molecule has 1 heterocycles. The van der Waals surface area contributed by atoms with Gasteiger partial charge in [-0.05, 0) is 23.8 Å². The highest BCUT2D eigenvalue weighted by Crippen LogP contribution is 2.14. The van der Waals surface area contributed by atoms with E-state index in [2.05, 4.69) is 15.3 Å². The molecule has 110 valence electrons. The number of aromatic nitrogens is 2. The Morgan fingerprint density at radius 3 is 2.64 bits per heavy atom. The van der Waals surface area contributed by atoms with Gasteiger partial charge in [-0.1, -0.05) is 30.3 Å². The number of fused-ring (bicyclic) bond motifs is 1. The number of carbonyl (C=O) groups excluding carboxylic acids is 1. The highest BCUT2D eigenvalue weighted by Gasteiger charge is 2.11. The van der Waals surface area contributed by atoms with Gasteiger partial charge in [0.15, 0.2) is 0 Å². The largest absolute Gasteiger partial charge is 0.497 e. The molecule has 0 unspecified atom stereocenters. The number of ether oxygens (including phenoxy) is 1. The zero-order chi connectivity index (χ0) is 15.4. The topological polar surface area (TPSA) is 64.1 Å². The summed E-state index contributed by atoms with van der Waals surface area (Å²) in [4.78, 5) is 20.6. The Hall–Kier alpha value is -2.95. The standard InChI is InChI=1S/C17H15N3O2/c1-22-13-8-6-12(7-9-13)10-18-17(21)16-14-4-2-3-5-15(14)19-11-20-16/h2-9,11H,10H2,1H3,(H,18,21). The third-order valence-corrected chi connectivity index (χ3v) is 3.37. The summed E-state index contributed by atoms with van der Waals surface area (Å²) in [6.07, 6.45) is 1.41. The minimum Gasteiger partial charge on any atom is -0.497 e. The Morgan fingerprint density at radius 1 is 1.09 bits per heavy atom. The molecule has 1 aromatic heterocycles. The van der Waals surface area contributed by atoms with Gasteiger partial charge in [-0.15, -0.1) is 0 Å². The van der Waals surface area contributed by atoms with Crippen molar-refractivity contribution < 1.29 is 9.53 Å². The first-order valence-electron chi connectivity index (χ1n) is 6.89. The summed E-state index contributed by atoms with van der Waals surface area (Å²) in [6, 6.07) is 15.0. The summed E-state index contributed by atoms with van der Waals surface area (Å²) < 4.78 is 5.11. The molecule has 0 radical (unpaired) electrons. The first-order valence-corrected chi connectivity index (χ1v) is 6.89. The number of methoxy groups -OCH3 is 1. The fraction of sp³-hybridized carbons (Fsp3) is 0.118. The summed E-state index contributed by atoms with van der Waals surface area (Å²) in [6.45, 7) is 0.432. The van der Waals surface area contributed by atoms with Gasteiger partial charge in [0, 0.05) is 11.9 Å². The Balaban J connectivity index is 1.75. The molecule has 0 atom stereocenters. The number of nitrogens with zero attached hydrogens (tertiary/aromatic N) is 2. The minimum atomic E-state index is -0.214. The lowest BCUT2D eigenvalue weighted by Gasteiger charge is -2.07. The third kappa shape index (κ3) is 2.88. The maximum atomic E-state index is 12.3. The first kappa shape index (κ1) is 14.0. The predicted octanol–water partition coefficient (Wildman–Crippen LogP) is 2.57. The minimum absolute atomic E-state index is 0.214. The van der Waals surface area contributed by atoms with Gasteiger partial charge >= 0.3 is 0 Å². The molecule has 0 bridgehead atoms. The number of carbonyl (C=O) groups is 1. The Labute approximate surface area is 128 Å². The van der Waals surface area contributed by atoms with Crippen molar-refractivity contribution in [1.82, 2.24) is 15.3 Å². The molecule has 1 N–H and O–H groups in total. The van der Waals surface area contributed by atoms with E-state index in [1.54, 1.807) is 7.11 Å². The highest BCUT2D eigenvalue weighted by atomic mass is 16.5. The molecular formula is C17H15N3O2. The number of amides is 1. The quantitative estimate of drug-likeness (QED) is 0.803. The molecular weight excluding hydrogens is 278 g/mol. The van der Waals surface area contributed by atoms with Crippen LogP contribution in [0.4, 0.5) is 0 Å². The van der Waals surface area contributed by atoms with Crippen LogP contribution in [0, 0.1) is 0 Å². The van der Waals surface area contributed by atoms with Gasteiger partial charge < -0.3 is 10.1 Å². The van der Waals surface area contributed by atoms with Crippen LogP contribution in [0.2, 0.25) is 0 Å². The van der Waals surface area contributed by atoms with E-state index in [0.29, 0.717) is 12.2 Å². The van der Waals surface area contributed by atoms with E-state index in [9.17, 15) is 4.79 Å². The Kier molecular flexibility index (Phi) is 3.96. The zero-order valence-electron chi connectivity index (χ0n) is 12.1. The third-order valence-electron chi connectivity index (χ3n) is 3.37. The molecule has 0 saturated heterocycles. The molecule has 3 rings (SSSR count). The summed E-state index contributed by atoms with van der Waals surface area (Å²) >= 11 is 0. The van der Waals surface area contributed by atoms with E-state index >= 15 is 0 Å². The van der Waals surface area contributed by atoms with Crippen molar-refractivity contribution in [3.8, 4) is 5.75 Å². The number of hydrogen-bond donors (Lipinski definition) is 1. The molecule has 5 nitrogen and oxygen atoms in total. The van der Waals surface area contributed by atoms with Crippen molar-refractivity contribution in [3.63, 3.8) is 0 Å². The van der Waals surface area contributed by atoms with Crippen molar-refractivity contribution in [3.05, 3.63) is 66.1 Å². The Morgan fingerprint density at radius 2 is 1.86 bits per heavy atom. The summed E-state index contributed by atoms with van der Waals surface area (Å²) in [5.74, 6) is 0.575. The van der Waals surface area contributed by atoms with Gasteiger partial charge in [-0.2, -0.15) is 0 Å². The normalized spacial score (nSPS) is 10.4. The van der Waals surface area contributed by atoms with Crippen LogP contribution in [-0.2, 0) is 6.54 Å². The lowest BCUT2D eigenvalue weighted by molar-refractivity contribution is 0.0947. The molecule has 3 aromatic rings. The average Bonchev–Trinajstić information content (AvgIpc) is 2.59. The molecule has 0 saturated carbocycles. The van der Waals surface area contributed by atoms with Crippen molar-refractivity contribution in [2.75, 3.05) is 7.11 Å².